The van der Waals surface area contributed by atoms with Crippen LogP contribution < -0.4 is 4.74 Å². The Hall–Kier alpha value is -1.44. The van der Waals surface area contributed by atoms with Crippen molar-refractivity contribution in [2.45, 2.75) is 11.4 Å². The highest BCUT2D eigenvalue weighted by Gasteiger charge is 2.22. The van der Waals surface area contributed by atoms with Crippen molar-refractivity contribution in [1.82, 2.24) is 4.31 Å². The van der Waals surface area contributed by atoms with Crippen molar-refractivity contribution in [3.8, 4) is 5.75 Å². The third-order valence-corrected chi connectivity index (χ3v) is 5.87. The van der Waals surface area contributed by atoms with E-state index < -0.39 is 15.8 Å². The molecular weight excluding hydrogens is 373 g/mol. The van der Waals surface area contributed by atoms with Gasteiger partial charge in [-0.3, -0.25) is 0 Å². The number of sulfonamides is 1. The Balaban J connectivity index is 2.30. The van der Waals surface area contributed by atoms with Crippen LogP contribution in [0.25, 0.3) is 0 Å². The smallest absolute Gasteiger partial charge is 0.243 e. The van der Waals surface area contributed by atoms with Crippen molar-refractivity contribution >= 4 is 26.0 Å². The van der Waals surface area contributed by atoms with E-state index in [0.717, 1.165) is 0 Å². The van der Waals surface area contributed by atoms with E-state index in [9.17, 15) is 12.8 Å². The maximum absolute atomic E-state index is 14.0. The number of nitrogens with zero attached hydrogens (tertiary/aromatic N) is 1. The van der Waals surface area contributed by atoms with Crippen LogP contribution in [0.1, 0.15) is 5.56 Å². The number of hydrogen-bond acceptors (Lipinski definition) is 3. The molecule has 22 heavy (non-hydrogen) atoms. The Morgan fingerprint density at radius 3 is 2.41 bits per heavy atom. The molecule has 0 aliphatic heterocycles. The first-order valence-corrected chi connectivity index (χ1v) is 8.63. The van der Waals surface area contributed by atoms with E-state index in [4.69, 9.17) is 4.74 Å². The molecule has 0 N–H and O–H groups in total. The maximum Gasteiger partial charge on any atom is 0.243 e. The van der Waals surface area contributed by atoms with Gasteiger partial charge in [0.1, 0.15) is 0 Å². The first-order valence-electron chi connectivity index (χ1n) is 6.40. The average molecular weight is 388 g/mol. The van der Waals surface area contributed by atoms with Crippen LogP contribution in [0.5, 0.6) is 5.75 Å². The monoisotopic (exact) mass is 387 g/mol. The van der Waals surface area contributed by atoms with E-state index in [1.165, 1.54) is 36.7 Å². The van der Waals surface area contributed by atoms with Crippen LogP contribution in [0.3, 0.4) is 0 Å². The van der Waals surface area contributed by atoms with Gasteiger partial charge in [0.05, 0.1) is 16.5 Å². The summed E-state index contributed by atoms with van der Waals surface area (Å²) in [5.74, 6) is -0.449. The van der Waals surface area contributed by atoms with E-state index in [-0.39, 0.29) is 21.7 Å². The van der Waals surface area contributed by atoms with Crippen molar-refractivity contribution in [3.05, 3.63) is 58.3 Å². The molecule has 4 nitrogen and oxygen atoms in total. The average Bonchev–Trinajstić information content (AvgIpc) is 2.52. The van der Waals surface area contributed by atoms with Crippen LogP contribution in [0.2, 0.25) is 0 Å². The summed E-state index contributed by atoms with van der Waals surface area (Å²) in [4.78, 5) is 0.197. The van der Waals surface area contributed by atoms with Gasteiger partial charge in [0, 0.05) is 13.6 Å². The normalized spacial score (nSPS) is 11.7. The summed E-state index contributed by atoms with van der Waals surface area (Å²) in [5.41, 5.74) is 0.514. The molecule has 7 heteroatoms. The molecule has 0 aromatic heterocycles. The summed E-state index contributed by atoms with van der Waals surface area (Å²) in [5, 5.41) is 0. The molecule has 0 radical (unpaired) electrons. The lowest BCUT2D eigenvalue weighted by molar-refractivity contribution is 0.384. The Morgan fingerprint density at radius 1 is 1.18 bits per heavy atom. The summed E-state index contributed by atoms with van der Waals surface area (Å²) in [6, 6.07) is 11.2. The minimum atomic E-state index is -3.62. The summed E-state index contributed by atoms with van der Waals surface area (Å²) >= 11 is 3.15. The quantitative estimate of drug-likeness (QED) is 0.789. The first-order chi connectivity index (χ1) is 10.4. The molecule has 0 atom stereocenters. The Bertz CT molecular complexity index is 766. The fourth-order valence-corrected chi connectivity index (χ4v) is 3.57. The van der Waals surface area contributed by atoms with Gasteiger partial charge < -0.3 is 4.74 Å². The molecule has 2 aromatic rings. The Morgan fingerprint density at radius 2 is 1.82 bits per heavy atom. The predicted molar refractivity (Wildman–Crippen MR) is 85.7 cm³/mol. The predicted octanol–water partition coefficient (Wildman–Crippen LogP) is 3.42. The number of rotatable bonds is 5. The van der Waals surface area contributed by atoms with Crippen LogP contribution in [0, 0.1) is 5.82 Å². The first kappa shape index (κ1) is 16.9. The van der Waals surface area contributed by atoms with Gasteiger partial charge >= 0.3 is 0 Å². The van der Waals surface area contributed by atoms with Gasteiger partial charge in [-0.05, 0) is 39.7 Å². The van der Waals surface area contributed by atoms with Crippen LogP contribution in [-0.4, -0.2) is 26.9 Å². The van der Waals surface area contributed by atoms with Crippen LogP contribution >= 0.6 is 15.9 Å². The van der Waals surface area contributed by atoms with Crippen LogP contribution in [-0.2, 0) is 16.6 Å². The van der Waals surface area contributed by atoms with Gasteiger partial charge in [0.25, 0.3) is 0 Å². The maximum atomic E-state index is 14.0. The van der Waals surface area contributed by atoms with Crippen molar-refractivity contribution in [1.29, 1.82) is 0 Å². The highest BCUT2D eigenvalue weighted by atomic mass is 79.9. The molecule has 0 saturated heterocycles. The standard InChI is InChI=1S/C15H15BrFNO3S/c1-18(22(19,20)12-6-4-3-5-7-12)10-11-8-9-13(21-2)15(17)14(11)16/h3-9H,10H2,1-2H3. The third kappa shape index (κ3) is 3.31. The Labute approximate surface area is 137 Å². The van der Waals surface area contributed by atoms with Gasteiger partial charge in [-0.2, -0.15) is 4.31 Å². The van der Waals surface area contributed by atoms with E-state index in [1.54, 1.807) is 24.3 Å². The lowest BCUT2D eigenvalue weighted by Crippen LogP contribution is -2.26. The number of ether oxygens (including phenoxy) is 1. The molecule has 0 spiro atoms. The second kappa shape index (κ2) is 6.76. The van der Waals surface area contributed by atoms with E-state index in [0.29, 0.717) is 5.56 Å². The lowest BCUT2D eigenvalue weighted by Gasteiger charge is -2.18. The number of hydrogen-bond donors (Lipinski definition) is 0. The van der Waals surface area contributed by atoms with Crippen LogP contribution in [0.15, 0.2) is 51.8 Å². The van der Waals surface area contributed by atoms with Gasteiger partial charge in [-0.15, -0.1) is 0 Å². The van der Waals surface area contributed by atoms with Crippen molar-refractivity contribution in [2.75, 3.05) is 14.2 Å². The zero-order valence-corrected chi connectivity index (χ0v) is 14.5. The van der Waals surface area contributed by atoms with Crippen molar-refractivity contribution < 1.29 is 17.5 Å². The van der Waals surface area contributed by atoms with Crippen LogP contribution in [0.4, 0.5) is 4.39 Å². The summed E-state index contributed by atoms with van der Waals surface area (Å²) in [6.07, 6.45) is 0. The molecule has 2 rings (SSSR count). The summed E-state index contributed by atoms with van der Waals surface area (Å²) in [6.45, 7) is 0.0404. The zero-order valence-electron chi connectivity index (χ0n) is 12.1. The van der Waals surface area contributed by atoms with Gasteiger partial charge in [0.15, 0.2) is 11.6 Å². The largest absolute Gasteiger partial charge is 0.494 e. The molecule has 0 saturated carbocycles. The topological polar surface area (TPSA) is 46.6 Å². The second-order valence-electron chi connectivity index (χ2n) is 4.63. The third-order valence-electron chi connectivity index (χ3n) is 3.19. The van der Waals surface area contributed by atoms with E-state index >= 15 is 0 Å². The lowest BCUT2D eigenvalue weighted by atomic mass is 10.2. The molecule has 0 fully saturated rings. The Kier molecular flexibility index (Phi) is 5.20. The molecule has 0 aliphatic rings. The van der Waals surface area contributed by atoms with Crippen molar-refractivity contribution in [3.63, 3.8) is 0 Å². The minimum absolute atomic E-state index is 0.0404. The van der Waals surface area contributed by atoms with Gasteiger partial charge in [-0.1, -0.05) is 24.3 Å². The molecule has 118 valence electrons. The van der Waals surface area contributed by atoms with Gasteiger partial charge in [-0.25, -0.2) is 12.8 Å². The second-order valence-corrected chi connectivity index (χ2v) is 7.47. The van der Waals surface area contributed by atoms with E-state index in [1.807, 2.05) is 0 Å². The molecule has 0 aliphatic carbocycles. The number of halogens is 2. The van der Waals surface area contributed by atoms with E-state index in [2.05, 4.69) is 15.9 Å². The summed E-state index contributed by atoms with van der Waals surface area (Å²) in [7, 11) is -0.797. The minimum Gasteiger partial charge on any atom is -0.494 e. The fraction of sp³-hybridized carbons (Fsp3) is 0.200. The number of methoxy groups -OCH3 is 1. The molecule has 0 heterocycles. The van der Waals surface area contributed by atoms with Gasteiger partial charge in [0.2, 0.25) is 10.0 Å². The molecule has 2 aromatic carbocycles. The molecule has 0 bridgehead atoms. The fourth-order valence-electron chi connectivity index (χ4n) is 1.95. The van der Waals surface area contributed by atoms with Crippen molar-refractivity contribution in [2.24, 2.45) is 0 Å². The highest BCUT2D eigenvalue weighted by molar-refractivity contribution is 9.10. The highest BCUT2D eigenvalue weighted by Crippen LogP contribution is 2.30. The zero-order chi connectivity index (χ0) is 16.3. The number of benzene rings is 2. The summed E-state index contributed by atoms with van der Waals surface area (Å²) < 4.78 is 45.1. The molecular formula is C15H15BrFNO3S. The SMILES string of the molecule is COc1ccc(CN(C)S(=O)(=O)c2ccccc2)c(Br)c1F. The molecule has 0 unspecified atom stereocenters. The molecule has 0 amide bonds.